The molecule has 0 spiro atoms. The molecule has 2 rings (SSSR count). The highest BCUT2D eigenvalue weighted by Crippen LogP contribution is 2.18. The summed E-state index contributed by atoms with van der Waals surface area (Å²) >= 11 is 0. The lowest BCUT2D eigenvalue weighted by Crippen LogP contribution is -2.31. The Balaban J connectivity index is 2.17. The molecule has 8 heteroatoms. The van der Waals surface area contributed by atoms with Gasteiger partial charge in [0.15, 0.2) is 0 Å². The van der Waals surface area contributed by atoms with Crippen molar-refractivity contribution in [3.63, 3.8) is 0 Å². The van der Waals surface area contributed by atoms with Crippen LogP contribution in [0.2, 0.25) is 0 Å². The van der Waals surface area contributed by atoms with Gasteiger partial charge in [-0.05, 0) is 42.8 Å². The Morgan fingerprint density at radius 3 is 2.46 bits per heavy atom. The third-order valence-electron chi connectivity index (χ3n) is 3.67. The van der Waals surface area contributed by atoms with Gasteiger partial charge in [0.25, 0.3) is 15.9 Å². The van der Waals surface area contributed by atoms with Crippen LogP contribution in [-0.2, 0) is 14.8 Å². The lowest BCUT2D eigenvalue weighted by atomic mass is 10.1. The number of carbonyl (C=O) groups excluding carboxylic acids is 1. The topological polar surface area (TPSA) is 113 Å². The second-order valence-corrected chi connectivity index (χ2v) is 7.63. The van der Waals surface area contributed by atoms with E-state index in [1.807, 2.05) is 13.0 Å². The molecule has 1 atom stereocenters. The van der Waals surface area contributed by atoms with E-state index in [1.54, 1.807) is 18.2 Å². The molecule has 0 radical (unpaired) electrons. The van der Waals surface area contributed by atoms with Crippen molar-refractivity contribution in [2.24, 2.45) is 5.92 Å². The largest absolute Gasteiger partial charge is 0.481 e. The number of carboxylic acids is 1. The molecule has 1 amide bonds. The highest BCUT2D eigenvalue weighted by atomic mass is 32.2. The van der Waals surface area contributed by atoms with E-state index in [-0.39, 0.29) is 17.0 Å². The summed E-state index contributed by atoms with van der Waals surface area (Å²) in [5, 5.41) is 11.3. The number of benzene rings is 2. The number of rotatable bonds is 7. The van der Waals surface area contributed by atoms with E-state index in [4.69, 9.17) is 5.11 Å². The normalized spacial score (nSPS) is 12.2. The summed E-state index contributed by atoms with van der Waals surface area (Å²) in [6.45, 7) is 3.27. The van der Waals surface area contributed by atoms with Gasteiger partial charge in [-0.1, -0.05) is 25.1 Å². The Hall–Kier alpha value is -2.87. The van der Waals surface area contributed by atoms with Crippen molar-refractivity contribution in [2.45, 2.75) is 18.7 Å². The number of sulfonamides is 1. The van der Waals surface area contributed by atoms with Crippen LogP contribution >= 0.6 is 0 Å². The van der Waals surface area contributed by atoms with Gasteiger partial charge in [-0.25, -0.2) is 8.42 Å². The minimum Gasteiger partial charge on any atom is -0.481 e. The molecular weight excluding hydrogens is 356 g/mol. The Morgan fingerprint density at radius 1 is 1.12 bits per heavy atom. The molecular formula is C18H20N2O5S. The average molecular weight is 376 g/mol. The summed E-state index contributed by atoms with van der Waals surface area (Å²) in [6, 6.07) is 12.5. The first-order valence-electron chi connectivity index (χ1n) is 7.89. The SMILES string of the molecule is Cc1cccc(NS(=O)(=O)c2cccc(C(=O)NCC(C)C(=O)O)c2)c1. The minimum absolute atomic E-state index is 0.0489. The number of aliphatic carboxylic acids is 1. The highest BCUT2D eigenvalue weighted by Gasteiger charge is 2.18. The number of aryl methyl sites for hydroxylation is 1. The van der Waals surface area contributed by atoms with E-state index >= 15 is 0 Å². The van der Waals surface area contributed by atoms with E-state index in [1.165, 1.54) is 31.2 Å². The summed E-state index contributed by atoms with van der Waals surface area (Å²) in [6.07, 6.45) is 0. The fourth-order valence-electron chi connectivity index (χ4n) is 2.16. The molecule has 0 aliphatic rings. The first-order valence-corrected chi connectivity index (χ1v) is 9.38. The average Bonchev–Trinajstić information content (AvgIpc) is 2.59. The van der Waals surface area contributed by atoms with Gasteiger partial charge in [0, 0.05) is 17.8 Å². The summed E-state index contributed by atoms with van der Waals surface area (Å²) in [4.78, 5) is 22.9. The van der Waals surface area contributed by atoms with Crippen LogP contribution in [-0.4, -0.2) is 31.9 Å². The molecule has 0 fully saturated rings. The van der Waals surface area contributed by atoms with Gasteiger partial charge < -0.3 is 10.4 Å². The molecule has 3 N–H and O–H groups in total. The molecule has 0 saturated heterocycles. The van der Waals surface area contributed by atoms with Crippen molar-refractivity contribution in [1.82, 2.24) is 5.32 Å². The Kier molecular flexibility index (Phi) is 5.99. The maximum atomic E-state index is 12.5. The van der Waals surface area contributed by atoms with Crippen molar-refractivity contribution >= 4 is 27.6 Å². The van der Waals surface area contributed by atoms with Gasteiger partial charge in [0.2, 0.25) is 0 Å². The molecule has 0 aromatic heterocycles. The van der Waals surface area contributed by atoms with Crippen molar-refractivity contribution in [2.75, 3.05) is 11.3 Å². The molecule has 0 heterocycles. The van der Waals surface area contributed by atoms with Crippen LogP contribution in [0.5, 0.6) is 0 Å². The van der Waals surface area contributed by atoms with Crippen LogP contribution in [0, 0.1) is 12.8 Å². The zero-order valence-corrected chi connectivity index (χ0v) is 15.2. The van der Waals surface area contributed by atoms with Crippen molar-refractivity contribution < 1.29 is 23.1 Å². The Labute approximate surface area is 152 Å². The molecule has 0 bridgehead atoms. The zero-order chi connectivity index (χ0) is 19.3. The van der Waals surface area contributed by atoms with Gasteiger partial charge >= 0.3 is 5.97 Å². The van der Waals surface area contributed by atoms with Crippen LogP contribution in [0.15, 0.2) is 53.4 Å². The molecule has 0 saturated carbocycles. The zero-order valence-electron chi connectivity index (χ0n) is 14.4. The first kappa shape index (κ1) is 19.5. The lowest BCUT2D eigenvalue weighted by molar-refractivity contribution is -0.140. The standard InChI is InChI=1S/C18H20N2O5S/c1-12-5-3-7-15(9-12)20-26(24,25)16-8-4-6-14(10-16)17(21)19-11-13(2)18(22)23/h3-10,13,20H,11H2,1-2H3,(H,19,21)(H,22,23). The van der Waals surface area contributed by atoms with Crippen molar-refractivity contribution in [3.05, 3.63) is 59.7 Å². The number of anilines is 1. The molecule has 0 aliphatic carbocycles. The third-order valence-corrected chi connectivity index (χ3v) is 5.05. The van der Waals surface area contributed by atoms with Crippen molar-refractivity contribution in [3.8, 4) is 0 Å². The van der Waals surface area contributed by atoms with Crippen LogP contribution in [0.1, 0.15) is 22.8 Å². The van der Waals surface area contributed by atoms with Crippen LogP contribution in [0.25, 0.3) is 0 Å². The molecule has 2 aromatic carbocycles. The molecule has 1 unspecified atom stereocenters. The Bertz CT molecular complexity index is 925. The van der Waals surface area contributed by atoms with Gasteiger partial charge in [-0.3, -0.25) is 14.3 Å². The fraction of sp³-hybridized carbons (Fsp3) is 0.222. The van der Waals surface area contributed by atoms with Crippen LogP contribution in [0.4, 0.5) is 5.69 Å². The minimum atomic E-state index is -3.85. The van der Waals surface area contributed by atoms with Gasteiger partial charge in [0.1, 0.15) is 0 Å². The monoisotopic (exact) mass is 376 g/mol. The molecule has 7 nitrogen and oxygen atoms in total. The van der Waals surface area contributed by atoms with E-state index in [2.05, 4.69) is 10.0 Å². The molecule has 138 valence electrons. The van der Waals surface area contributed by atoms with Gasteiger partial charge in [-0.15, -0.1) is 0 Å². The maximum absolute atomic E-state index is 12.5. The van der Waals surface area contributed by atoms with Crippen LogP contribution < -0.4 is 10.0 Å². The quantitative estimate of drug-likeness (QED) is 0.686. The lowest BCUT2D eigenvalue weighted by Gasteiger charge is -2.11. The van der Waals surface area contributed by atoms with Gasteiger partial charge in [-0.2, -0.15) is 0 Å². The maximum Gasteiger partial charge on any atom is 0.308 e. The third kappa shape index (κ3) is 5.06. The number of hydrogen-bond donors (Lipinski definition) is 3. The predicted molar refractivity (Wildman–Crippen MR) is 97.6 cm³/mol. The summed E-state index contributed by atoms with van der Waals surface area (Å²) in [5.41, 5.74) is 1.47. The predicted octanol–water partition coefficient (Wildman–Crippen LogP) is 2.25. The second kappa shape index (κ2) is 8.01. The number of nitrogens with one attached hydrogen (secondary N) is 2. The number of amides is 1. The summed E-state index contributed by atoms with van der Waals surface area (Å²) in [7, 11) is -3.85. The van der Waals surface area contributed by atoms with E-state index in [0.29, 0.717) is 5.69 Å². The number of carbonyl (C=O) groups is 2. The van der Waals surface area contributed by atoms with E-state index in [9.17, 15) is 18.0 Å². The van der Waals surface area contributed by atoms with E-state index in [0.717, 1.165) is 5.56 Å². The Morgan fingerprint density at radius 2 is 1.81 bits per heavy atom. The fourth-order valence-corrected chi connectivity index (χ4v) is 3.26. The summed E-state index contributed by atoms with van der Waals surface area (Å²) < 4.78 is 27.5. The van der Waals surface area contributed by atoms with Crippen molar-refractivity contribution in [1.29, 1.82) is 0 Å². The molecule has 2 aromatic rings. The number of hydrogen-bond acceptors (Lipinski definition) is 4. The highest BCUT2D eigenvalue weighted by molar-refractivity contribution is 7.92. The first-order chi connectivity index (χ1) is 12.2. The summed E-state index contributed by atoms with van der Waals surface area (Å²) in [5.74, 6) is -2.30. The molecule has 0 aliphatic heterocycles. The smallest absolute Gasteiger partial charge is 0.308 e. The van der Waals surface area contributed by atoms with E-state index < -0.39 is 27.8 Å². The molecule has 26 heavy (non-hydrogen) atoms. The van der Waals surface area contributed by atoms with Gasteiger partial charge in [0.05, 0.1) is 10.8 Å². The second-order valence-electron chi connectivity index (χ2n) is 5.95. The number of carboxylic acid groups (broad SMARTS) is 1. The van der Waals surface area contributed by atoms with Crippen LogP contribution in [0.3, 0.4) is 0 Å².